The standard InChI is InChI=1S/C13H17N3O2/c1-9-7-12(16-15-9)11-8-10(14)3-4-13(11)18-6-5-17-2/h3-4,7-8H,5-6,14H2,1-2H3,(H,15,16). The number of nitrogens with two attached hydrogens (primary N) is 1. The van der Waals surface area contributed by atoms with Crippen molar-refractivity contribution in [2.24, 2.45) is 0 Å². The summed E-state index contributed by atoms with van der Waals surface area (Å²) >= 11 is 0. The molecule has 0 saturated heterocycles. The number of rotatable bonds is 5. The van der Waals surface area contributed by atoms with E-state index in [1.807, 2.05) is 31.2 Å². The van der Waals surface area contributed by atoms with Crippen LogP contribution in [-0.4, -0.2) is 30.5 Å². The fourth-order valence-electron chi connectivity index (χ4n) is 1.66. The molecule has 2 rings (SSSR count). The molecule has 0 aliphatic heterocycles. The van der Waals surface area contributed by atoms with E-state index in [1.54, 1.807) is 7.11 Å². The number of benzene rings is 1. The molecule has 0 aliphatic rings. The molecule has 0 atom stereocenters. The smallest absolute Gasteiger partial charge is 0.129 e. The summed E-state index contributed by atoms with van der Waals surface area (Å²) in [5.41, 5.74) is 9.20. The second-order valence-corrected chi connectivity index (χ2v) is 4.03. The monoisotopic (exact) mass is 247 g/mol. The molecular formula is C13H17N3O2. The third kappa shape index (κ3) is 2.81. The molecule has 3 N–H and O–H groups in total. The van der Waals surface area contributed by atoms with Crippen molar-refractivity contribution in [2.45, 2.75) is 6.92 Å². The summed E-state index contributed by atoms with van der Waals surface area (Å²) in [6, 6.07) is 7.48. The van der Waals surface area contributed by atoms with Crippen molar-refractivity contribution < 1.29 is 9.47 Å². The number of methoxy groups -OCH3 is 1. The molecule has 0 fully saturated rings. The van der Waals surface area contributed by atoms with Crippen LogP contribution in [0.3, 0.4) is 0 Å². The Kier molecular flexibility index (Phi) is 3.84. The number of nitrogen functional groups attached to an aromatic ring is 1. The van der Waals surface area contributed by atoms with Crippen molar-refractivity contribution in [3.63, 3.8) is 0 Å². The van der Waals surface area contributed by atoms with Crippen molar-refractivity contribution in [1.82, 2.24) is 10.2 Å². The molecule has 1 aromatic carbocycles. The lowest BCUT2D eigenvalue weighted by Crippen LogP contribution is -2.05. The largest absolute Gasteiger partial charge is 0.490 e. The summed E-state index contributed by atoms with van der Waals surface area (Å²) in [5, 5.41) is 7.13. The summed E-state index contributed by atoms with van der Waals surface area (Å²) in [6.07, 6.45) is 0. The van der Waals surface area contributed by atoms with Crippen molar-refractivity contribution in [2.75, 3.05) is 26.1 Å². The highest BCUT2D eigenvalue weighted by Crippen LogP contribution is 2.30. The van der Waals surface area contributed by atoms with E-state index in [-0.39, 0.29) is 0 Å². The highest BCUT2D eigenvalue weighted by molar-refractivity contribution is 5.71. The Balaban J connectivity index is 2.29. The normalized spacial score (nSPS) is 10.6. The van der Waals surface area contributed by atoms with E-state index in [1.165, 1.54) is 0 Å². The van der Waals surface area contributed by atoms with Crippen LogP contribution in [0, 0.1) is 6.92 Å². The predicted molar refractivity (Wildman–Crippen MR) is 70.5 cm³/mol. The number of hydrogen-bond acceptors (Lipinski definition) is 4. The van der Waals surface area contributed by atoms with E-state index < -0.39 is 0 Å². The van der Waals surface area contributed by atoms with Crippen LogP contribution < -0.4 is 10.5 Å². The van der Waals surface area contributed by atoms with Gasteiger partial charge in [-0.3, -0.25) is 5.10 Å². The number of ether oxygens (including phenoxy) is 2. The Labute approximate surface area is 106 Å². The highest BCUT2D eigenvalue weighted by atomic mass is 16.5. The van der Waals surface area contributed by atoms with Gasteiger partial charge in [0.2, 0.25) is 0 Å². The maximum atomic E-state index is 5.81. The summed E-state index contributed by atoms with van der Waals surface area (Å²) in [6.45, 7) is 2.99. The molecule has 0 saturated carbocycles. The second kappa shape index (κ2) is 5.55. The highest BCUT2D eigenvalue weighted by Gasteiger charge is 2.10. The van der Waals surface area contributed by atoms with Crippen molar-refractivity contribution in [3.8, 4) is 17.0 Å². The SMILES string of the molecule is COCCOc1ccc(N)cc1-c1cc(C)[nH]n1. The van der Waals surface area contributed by atoms with Gasteiger partial charge in [0.25, 0.3) is 0 Å². The summed E-state index contributed by atoms with van der Waals surface area (Å²) in [5.74, 6) is 0.757. The Hall–Kier alpha value is -2.01. The minimum atomic E-state index is 0.497. The summed E-state index contributed by atoms with van der Waals surface area (Å²) < 4.78 is 10.6. The van der Waals surface area contributed by atoms with Gasteiger partial charge in [-0.15, -0.1) is 0 Å². The first kappa shape index (κ1) is 12.4. The molecule has 5 heteroatoms. The van der Waals surface area contributed by atoms with Gasteiger partial charge < -0.3 is 15.2 Å². The molecule has 96 valence electrons. The summed E-state index contributed by atoms with van der Waals surface area (Å²) in [4.78, 5) is 0. The molecule has 0 amide bonds. The zero-order chi connectivity index (χ0) is 13.0. The molecular weight excluding hydrogens is 230 g/mol. The van der Waals surface area contributed by atoms with Crippen molar-refractivity contribution in [1.29, 1.82) is 0 Å². The first-order valence-electron chi connectivity index (χ1n) is 5.74. The minimum Gasteiger partial charge on any atom is -0.490 e. The van der Waals surface area contributed by atoms with Crippen LogP contribution >= 0.6 is 0 Å². The van der Waals surface area contributed by atoms with Gasteiger partial charge >= 0.3 is 0 Å². The summed E-state index contributed by atoms with van der Waals surface area (Å²) in [7, 11) is 1.64. The van der Waals surface area contributed by atoms with Crippen LogP contribution in [0.2, 0.25) is 0 Å². The number of aromatic nitrogens is 2. The number of aromatic amines is 1. The molecule has 1 aromatic heterocycles. The molecule has 2 aromatic rings. The zero-order valence-electron chi connectivity index (χ0n) is 10.6. The molecule has 1 heterocycles. The Morgan fingerprint density at radius 1 is 1.28 bits per heavy atom. The van der Waals surface area contributed by atoms with Crippen molar-refractivity contribution in [3.05, 3.63) is 30.0 Å². The Morgan fingerprint density at radius 3 is 2.78 bits per heavy atom. The van der Waals surface area contributed by atoms with E-state index in [4.69, 9.17) is 15.2 Å². The number of hydrogen-bond donors (Lipinski definition) is 2. The minimum absolute atomic E-state index is 0.497. The van der Waals surface area contributed by atoms with Crippen LogP contribution in [-0.2, 0) is 4.74 Å². The molecule has 0 spiro atoms. The lowest BCUT2D eigenvalue weighted by Gasteiger charge is -2.10. The molecule has 18 heavy (non-hydrogen) atoms. The zero-order valence-corrected chi connectivity index (χ0v) is 10.6. The average molecular weight is 247 g/mol. The number of nitrogens with zero attached hydrogens (tertiary/aromatic N) is 1. The van der Waals surface area contributed by atoms with E-state index >= 15 is 0 Å². The lowest BCUT2D eigenvalue weighted by molar-refractivity contribution is 0.146. The number of H-pyrrole nitrogens is 1. The van der Waals surface area contributed by atoms with Gasteiger partial charge in [0, 0.05) is 24.1 Å². The molecule has 0 unspecified atom stereocenters. The molecule has 0 bridgehead atoms. The fourth-order valence-corrected chi connectivity index (χ4v) is 1.66. The average Bonchev–Trinajstić information content (AvgIpc) is 2.78. The Bertz CT molecular complexity index is 523. The third-order valence-electron chi connectivity index (χ3n) is 2.53. The van der Waals surface area contributed by atoms with Crippen LogP contribution in [0.15, 0.2) is 24.3 Å². The van der Waals surface area contributed by atoms with Gasteiger partial charge in [-0.2, -0.15) is 5.10 Å². The predicted octanol–water partition coefficient (Wildman–Crippen LogP) is 1.99. The topological polar surface area (TPSA) is 73.2 Å². The van der Waals surface area contributed by atoms with Gasteiger partial charge in [-0.05, 0) is 31.2 Å². The van der Waals surface area contributed by atoms with Crippen molar-refractivity contribution >= 4 is 5.69 Å². The number of aryl methyl sites for hydroxylation is 1. The Morgan fingerprint density at radius 2 is 2.11 bits per heavy atom. The van der Waals surface area contributed by atoms with Crippen LogP contribution in [0.1, 0.15) is 5.69 Å². The lowest BCUT2D eigenvalue weighted by atomic mass is 10.1. The maximum absolute atomic E-state index is 5.81. The fraction of sp³-hybridized carbons (Fsp3) is 0.308. The quantitative estimate of drug-likeness (QED) is 0.626. The molecule has 0 aliphatic carbocycles. The number of nitrogens with one attached hydrogen (secondary N) is 1. The first-order valence-corrected chi connectivity index (χ1v) is 5.74. The van der Waals surface area contributed by atoms with Gasteiger partial charge in [-0.1, -0.05) is 0 Å². The van der Waals surface area contributed by atoms with E-state index in [0.717, 1.165) is 22.7 Å². The number of anilines is 1. The van der Waals surface area contributed by atoms with Gasteiger partial charge in [0.05, 0.1) is 12.3 Å². The van der Waals surface area contributed by atoms with E-state index in [0.29, 0.717) is 18.9 Å². The first-order chi connectivity index (χ1) is 8.70. The van der Waals surface area contributed by atoms with Crippen LogP contribution in [0.25, 0.3) is 11.3 Å². The van der Waals surface area contributed by atoms with Gasteiger partial charge in [0.1, 0.15) is 12.4 Å². The van der Waals surface area contributed by atoms with Crippen LogP contribution in [0.5, 0.6) is 5.75 Å². The molecule has 5 nitrogen and oxygen atoms in total. The second-order valence-electron chi connectivity index (χ2n) is 4.03. The molecule has 0 radical (unpaired) electrons. The maximum Gasteiger partial charge on any atom is 0.129 e. The van der Waals surface area contributed by atoms with Gasteiger partial charge in [0.15, 0.2) is 0 Å². The van der Waals surface area contributed by atoms with E-state index in [2.05, 4.69) is 10.2 Å². The van der Waals surface area contributed by atoms with Gasteiger partial charge in [-0.25, -0.2) is 0 Å². The third-order valence-corrected chi connectivity index (χ3v) is 2.53. The van der Waals surface area contributed by atoms with E-state index in [9.17, 15) is 0 Å². The van der Waals surface area contributed by atoms with Crippen LogP contribution in [0.4, 0.5) is 5.69 Å².